The summed E-state index contributed by atoms with van der Waals surface area (Å²) in [5.41, 5.74) is 0. The summed E-state index contributed by atoms with van der Waals surface area (Å²) in [6, 6.07) is 0. The van der Waals surface area contributed by atoms with E-state index in [1.54, 1.807) is 0 Å². The van der Waals surface area contributed by atoms with Crippen molar-refractivity contribution >= 4 is 39.5 Å². The molecule has 0 fully saturated rings. The summed E-state index contributed by atoms with van der Waals surface area (Å²) < 4.78 is 68.6. The number of phosphoric acid groups is 2. The standard InChI is InChI=1S/C81H158O17P2/c1-7-9-11-13-15-17-18-19-20-26-29-35-40-46-52-58-64-79(84)92-70-77(98-80(85)65-59-53-47-41-36-30-27-24-22-21-23-25-28-33-38-43-49-55-61-73(3)4)72-96-100(89,90)94-68-75(82)67-93-99(87,88)95-71-76(69-91-78(83)63-57-51-45-16-14-12-10-8-2)97-81(86)66-60-54-48-42-37-32-31-34-39-44-50-56-62-74(5)6/h73-77,82H,7-72H2,1-6H3,(H,87,88)(H,89,90)/t75-,76+,77+/m0/s1. The molecule has 594 valence electrons. The molecule has 0 spiro atoms. The fourth-order valence-corrected chi connectivity index (χ4v) is 14.1. The summed E-state index contributed by atoms with van der Waals surface area (Å²) in [6.07, 6.45) is 62.5. The Labute approximate surface area is 613 Å². The molecule has 0 aliphatic heterocycles. The number of rotatable bonds is 80. The van der Waals surface area contributed by atoms with Crippen LogP contribution in [0, 0.1) is 11.8 Å². The average molecular weight is 1470 g/mol. The van der Waals surface area contributed by atoms with Gasteiger partial charge in [0.05, 0.1) is 26.4 Å². The van der Waals surface area contributed by atoms with Gasteiger partial charge in [-0.2, -0.15) is 0 Å². The zero-order valence-electron chi connectivity index (χ0n) is 65.5. The van der Waals surface area contributed by atoms with Gasteiger partial charge in [0.1, 0.15) is 19.3 Å². The summed E-state index contributed by atoms with van der Waals surface area (Å²) in [7, 11) is -9.92. The topological polar surface area (TPSA) is 237 Å². The van der Waals surface area contributed by atoms with Crippen molar-refractivity contribution in [2.24, 2.45) is 11.8 Å². The molecule has 0 amide bonds. The smallest absolute Gasteiger partial charge is 0.462 e. The SMILES string of the molecule is CCCCCCCCCCCCCCCCCCC(=O)OC[C@H](COP(=O)(O)OC[C@@H](O)COP(=O)(O)OC[C@@H](COC(=O)CCCCCCCCCC)OC(=O)CCCCCCCCCCCCCCC(C)C)OC(=O)CCCCCCCCCCCCCCCCCCCCC(C)C. The first-order valence-electron chi connectivity index (χ1n) is 42.0. The molecule has 100 heavy (non-hydrogen) atoms. The van der Waals surface area contributed by atoms with E-state index < -0.39 is 97.5 Å². The number of ether oxygens (including phenoxy) is 4. The van der Waals surface area contributed by atoms with Crippen molar-refractivity contribution < 1.29 is 80.2 Å². The highest BCUT2D eigenvalue weighted by Crippen LogP contribution is 2.45. The highest BCUT2D eigenvalue weighted by molar-refractivity contribution is 7.47. The van der Waals surface area contributed by atoms with Crippen molar-refractivity contribution in [1.82, 2.24) is 0 Å². The van der Waals surface area contributed by atoms with Gasteiger partial charge >= 0.3 is 39.5 Å². The maximum atomic E-state index is 13.1. The maximum Gasteiger partial charge on any atom is 0.472 e. The molecule has 0 saturated carbocycles. The second kappa shape index (κ2) is 72.6. The van der Waals surface area contributed by atoms with Crippen molar-refractivity contribution in [2.75, 3.05) is 39.6 Å². The Kier molecular flexibility index (Phi) is 71.2. The Morgan fingerprint density at radius 1 is 0.270 bits per heavy atom. The minimum absolute atomic E-state index is 0.107. The molecular formula is C81H158O17P2. The molecular weight excluding hydrogens is 1310 g/mol. The van der Waals surface area contributed by atoms with Gasteiger partial charge in [0.2, 0.25) is 0 Å². The minimum atomic E-state index is -4.96. The molecule has 0 aliphatic rings. The number of aliphatic hydroxyl groups is 1. The number of hydrogen-bond donors (Lipinski definition) is 3. The van der Waals surface area contributed by atoms with E-state index in [1.165, 1.54) is 238 Å². The van der Waals surface area contributed by atoms with Gasteiger partial charge in [-0.05, 0) is 37.5 Å². The Morgan fingerprint density at radius 2 is 0.460 bits per heavy atom. The lowest BCUT2D eigenvalue weighted by molar-refractivity contribution is -0.161. The number of carbonyl (C=O) groups is 4. The highest BCUT2D eigenvalue weighted by Gasteiger charge is 2.30. The molecule has 17 nitrogen and oxygen atoms in total. The van der Waals surface area contributed by atoms with Gasteiger partial charge in [0, 0.05) is 25.7 Å². The molecule has 0 heterocycles. The molecule has 0 aromatic rings. The predicted molar refractivity (Wildman–Crippen MR) is 409 cm³/mol. The first-order chi connectivity index (χ1) is 48.4. The Morgan fingerprint density at radius 3 is 0.680 bits per heavy atom. The van der Waals surface area contributed by atoms with E-state index in [1.807, 2.05) is 0 Å². The lowest BCUT2D eigenvalue weighted by Gasteiger charge is -2.21. The molecule has 0 aromatic heterocycles. The van der Waals surface area contributed by atoms with Crippen LogP contribution in [0.15, 0.2) is 0 Å². The molecule has 3 N–H and O–H groups in total. The van der Waals surface area contributed by atoms with Crippen molar-refractivity contribution in [3.05, 3.63) is 0 Å². The first kappa shape index (κ1) is 98.1. The molecule has 2 unspecified atom stereocenters. The maximum absolute atomic E-state index is 13.1. The zero-order valence-corrected chi connectivity index (χ0v) is 67.3. The lowest BCUT2D eigenvalue weighted by Crippen LogP contribution is -2.30. The highest BCUT2D eigenvalue weighted by atomic mass is 31.2. The third kappa shape index (κ3) is 74.3. The lowest BCUT2D eigenvalue weighted by atomic mass is 10.0. The molecule has 0 aromatic carbocycles. The predicted octanol–water partition coefficient (Wildman–Crippen LogP) is 24.3. The van der Waals surface area contributed by atoms with Crippen molar-refractivity contribution in [3.8, 4) is 0 Å². The second-order valence-electron chi connectivity index (χ2n) is 30.1. The molecule has 0 aliphatic carbocycles. The number of carbonyl (C=O) groups excluding carboxylic acids is 4. The Hall–Kier alpha value is -1.94. The van der Waals surface area contributed by atoms with Crippen LogP contribution in [0.5, 0.6) is 0 Å². The van der Waals surface area contributed by atoms with Crippen LogP contribution in [0.3, 0.4) is 0 Å². The van der Waals surface area contributed by atoms with Gasteiger partial charge < -0.3 is 33.8 Å². The Balaban J connectivity index is 5.19. The Bertz CT molecular complexity index is 1920. The summed E-state index contributed by atoms with van der Waals surface area (Å²) in [6.45, 7) is 9.65. The monoisotopic (exact) mass is 1470 g/mol. The normalized spacial score (nSPS) is 13.9. The number of aliphatic hydroxyl groups excluding tert-OH is 1. The summed E-state index contributed by atoms with van der Waals surface area (Å²) in [4.78, 5) is 72.9. The van der Waals surface area contributed by atoms with Crippen LogP contribution in [0.2, 0.25) is 0 Å². The van der Waals surface area contributed by atoms with Gasteiger partial charge in [-0.15, -0.1) is 0 Å². The van der Waals surface area contributed by atoms with Crippen LogP contribution in [0.25, 0.3) is 0 Å². The molecule has 0 saturated heterocycles. The molecule has 19 heteroatoms. The van der Waals surface area contributed by atoms with Gasteiger partial charge in [-0.3, -0.25) is 37.3 Å². The molecule has 0 rings (SSSR count). The summed E-state index contributed by atoms with van der Waals surface area (Å²) in [5, 5.41) is 10.6. The zero-order chi connectivity index (χ0) is 73.5. The molecule has 0 radical (unpaired) electrons. The van der Waals surface area contributed by atoms with Gasteiger partial charge in [0.25, 0.3) is 0 Å². The van der Waals surface area contributed by atoms with E-state index in [0.717, 1.165) is 108 Å². The van der Waals surface area contributed by atoms with Crippen molar-refractivity contribution in [1.29, 1.82) is 0 Å². The van der Waals surface area contributed by atoms with E-state index in [9.17, 15) is 43.2 Å². The van der Waals surface area contributed by atoms with E-state index in [2.05, 4.69) is 41.5 Å². The third-order valence-electron chi connectivity index (χ3n) is 19.0. The third-order valence-corrected chi connectivity index (χ3v) is 20.9. The van der Waals surface area contributed by atoms with Crippen LogP contribution in [0.1, 0.15) is 427 Å². The quantitative estimate of drug-likeness (QED) is 0.0222. The van der Waals surface area contributed by atoms with Crippen LogP contribution in [-0.4, -0.2) is 96.7 Å². The first-order valence-corrected chi connectivity index (χ1v) is 45.0. The molecule has 0 bridgehead atoms. The van der Waals surface area contributed by atoms with Gasteiger partial charge in [-0.1, -0.05) is 375 Å². The van der Waals surface area contributed by atoms with E-state index in [-0.39, 0.29) is 25.7 Å². The number of hydrogen-bond acceptors (Lipinski definition) is 15. The second-order valence-corrected chi connectivity index (χ2v) is 33.0. The van der Waals surface area contributed by atoms with Crippen LogP contribution in [0.4, 0.5) is 0 Å². The van der Waals surface area contributed by atoms with Crippen molar-refractivity contribution in [3.63, 3.8) is 0 Å². The molecule has 5 atom stereocenters. The van der Waals surface area contributed by atoms with Gasteiger partial charge in [-0.25, -0.2) is 9.13 Å². The number of phosphoric ester groups is 2. The van der Waals surface area contributed by atoms with Gasteiger partial charge in [0.15, 0.2) is 12.2 Å². The average Bonchev–Trinajstić information content (AvgIpc) is 0.919. The number of unbranched alkanes of at least 4 members (excludes halogenated alkanes) is 50. The van der Waals surface area contributed by atoms with Crippen LogP contribution < -0.4 is 0 Å². The fraction of sp³-hybridized carbons (Fsp3) is 0.951. The minimum Gasteiger partial charge on any atom is -0.462 e. The van der Waals surface area contributed by atoms with Crippen LogP contribution in [-0.2, 0) is 65.4 Å². The van der Waals surface area contributed by atoms with Crippen molar-refractivity contribution in [2.45, 2.75) is 445 Å². The largest absolute Gasteiger partial charge is 0.472 e. The van der Waals surface area contributed by atoms with E-state index >= 15 is 0 Å². The summed E-state index contributed by atoms with van der Waals surface area (Å²) >= 11 is 0. The summed E-state index contributed by atoms with van der Waals surface area (Å²) in [5.74, 6) is -0.513. The van der Waals surface area contributed by atoms with E-state index in [0.29, 0.717) is 25.7 Å². The fourth-order valence-electron chi connectivity index (χ4n) is 12.5. The van der Waals surface area contributed by atoms with Crippen LogP contribution >= 0.6 is 15.6 Å². The van der Waals surface area contributed by atoms with E-state index in [4.69, 9.17) is 37.0 Å². The number of esters is 4.